The lowest BCUT2D eigenvalue weighted by atomic mass is 9.76. The zero-order valence-electron chi connectivity index (χ0n) is 21.1. The minimum absolute atomic E-state index is 0.116. The molecule has 0 radical (unpaired) electrons. The Labute approximate surface area is 206 Å². The molecule has 2 atom stereocenters. The van der Waals surface area contributed by atoms with E-state index in [1.165, 1.54) is 30.5 Å². The van der Waals surface area contributed by atoms with Crippen molar-refractivity contribution in [2.45, 2.75) is 64.2 Å². The van der Waals surface area contributed by atoms with Crippen molar-refractivity contribution in [2.75, 3.05) is 31.3 Å². The molecule has 3 heterocycles. The number of likely N-dealkylation sites (tertiary alicyclic amines) is 1. The zero-order chi connectivity index (χ0) is 24.0. The normalized spacial score (nSPS) is 21.4. The van der Waals surface area contributed by atoms with Crippen LogP contribution >= 0.6 is 11.8 Å². The number of amides is 1. The van der Waals surface area contributed by atoms with E-state index in [1.807, 2.05) is 29.8 Å². The molecule has 2 aliphatic rings. The van der Waals surface area contributed by atoms with Crippen LogP contribution in [0.3, 0.4) is 0 Å². The van der Waals surface area contributed by atoms with Crippen molar-refractivity contribution < 1.29 is 4.79 Å². The number of nitrogens with zero attached hydrogens (tertiary/aromatic N) is 3. The fourth-order valence-corrected chi connectivity index (χ4v) is 6.34. The number of aromatic nitrogens is 3. The van der Waals surface area contributed by atoms with E-state index in [0.717, 1.165) is 53.9 Å². The van der Waals surface area contributed by atoms with Crippen molar-refractivity contribution in [2.24, 2.45) is 5.41 Å². The number of anilines is 1. The summed E-state index contributed by atoms with van der Waals surface area (Å²) >= 11 is 1.92. The Bertz CT molecular complexity index is 1200. The number of rotatable bonds is 5. The van der Waals surface area contributed by atoms with E-state index in [2.05, 4.69) is 65.3 Å². The molecule has 2 aromatic heterocycles. The van der Waals surface area contributed by atoms with E-state index < -0.39 is 0 Å². The number of fused-ring (bicyclic) bond motifs is 2. The van der Waals surface area contributed by atoms with Crippen LogP contribution in [0.25, 0.3) is 22.3 Å². The second kappa shape index (κ2) is 9.08. The van der Waals surface area contributed by atoms with Crippen molar-refractivity contribution in [1.29, 1.82) is 0 Å². The number of aromatic amines is 2. The van der Waals surface area contributed by atoms with Gasteiger partial charge in [-0.05, 0) is 75.4 Å². The number of likely N-dealkylation sites (N-methyl/N-ethyl adjacent to an activating group) is 1. The summed E-state index contributed by atoms with van der Waals surface area (Å²) in [6.07, 6.45) is 7.86. The molecule has 0 saturated carbocycles. The molecule has 1 amide bonds. The lowest BCUT2D eigenvalue weighted by Gasteiger charge is -2.36. The third kappa shape index (κ3) is 4.40. The van der Waals surface area contributed by atoms with Gasteiger partial charge in [0.05, 0.1) is 11.7 Å². The number of benzene rings is 1. The fourth-order valence-electron chi connectivity index (χ4n) is 5.60. The summed E-state index contributed by atoms with van der Waals surface area (Å²) < 4.78 is 0. The quantitative estimate of drug-likeness (QED) is 0.524. The largest absolute Gasteiger partial charge is 0.353 e. The molecule has 1 saturated heterocycles. The number of hydrogen-bond acceptors (Lipinski definition) is 4. The minimum Gasteiger partial charge on any atom is -0.353 e. The Kier molecular flexibility index (Phi) is 6.27. The minimum atomic E-state index is -0.116. The van der Waals surface area contributed by atoms with E-state index in [4.69, 9.17) is 0 Å². The number of H-pyrrole nitrogens is 2. The predicted octanol–water partition coefficient (Wildman–Crippen LogP) is 5.25. The van der Waals surface area contributed by atoms with Gasteiger partial charge in [-0.15, -0.1) is 0 Å². The highest BCUT2D eigenvalue weighted by atomic mass is 32.2. The number of hydrogen-bond donors (Lipinski definition) is 2. The molecule has 1 unspecified atom stereocenters. The standard InChI is InChI=1S/C27H37N5OS/c1-17(32-12-6-7-20(16-32)34-5)26(33)31(4)19-9-8-18-13-23(28-22(18)14-19)25-21-10-11-27(2,3)15-24(21)29-30-25/h8-9,13-14,17,20,28H,6-7,10-12,15-16H2,1-5H3,(H,29,30)/t17?,20-/m0/s1. The van der Waals surface area contributed by atoms with Gasteiger partial charge < -0.3 is 9.88 Å². The van der Waals surface area contributed by atoms with Crippen LogP contribution in [0.15, 0.2) is 24.3 Å². The zero-order valence-corrected chi connectivity index (χ0v) is 21.9. The van der Waals surface area contributed by atoms with Crippen LogP contribution in [0, 0.1) is 5.41 Å². The van der Waals surface area contributed by atoms with Crippen LogP contribution in [0.2, 0.25) is 0 Å². The predicted molar refractivity (Wildman–Crippen MR) is 143 cm³/mol. The third-order valence-corrected chi connectivity index (χ3v) is 8.94. The van der Waals surface area contributed by atoms with Crippen LogP contribution < -0.4 is 4.90 Å². The van der Waals surface area contributed by atoms with Crippen LogP contribution in [0.5, 0.6) is 0 Å². The number of nitrogens with one attached hydrogen (secondary N) is 2. The molecule has 7 heteroatoms. The van der Waals surface area contributed by atoms with Gasteiger partial charge in [-0.25, -0.2) is 0 Å². The Morgan fingerprint density at radius 2 is 2.15 bits per heavy atom. The van der Waals surface area contributed by atoms with Gasteiger partial charge in [-0.3, -0.25) is 14.8 Å². The summed E-state index contributed by atoms with van der Waals surface area (Å²) in [7, 11) is 1.89. The van der Waals surface area contributed by atoms with Gasteiger partial charge in [0, 0.05) is 46.7 Å². The van der Waals surface area contributed by atoms with Crippen molar-refractivity contribution in [1.82, 2.24) is 20.1 Å². The molecule has 5 rings (SSSR count). The molecule has 1 aliphatic heterocycles. The lowest BCUT2D eigenvalue weighted by molar-refractivity contribution is -0.123. The summed E-state index contributed by atoms with van der Waals surface area (Å²) in [6.45, 7) is 8.70. The Balaban J connectivity index is 1.36. The van der Waals surface area contributed by atoms with E-state index >= 15 is 0 Å². The topological polar surface area (TPSA) is 68.0 Å². The first-order valence-electron chi connectivity index (χ1n) is 12.5. The maximum atomic E-state index is 13.3. The van der Waals surface area contributed by atoms with Gasteiger partial charge in [0.1, 0.15) is 5.69 Å². The molecule has 3 aromatic rings. The molecule has 1 fully saturated rings. The van der Waals surface area contributed by atoms with Gasteiger partial charge in [-0.2, -0.15) is 16.9 Å². The Morgan fingerprint density at radius 1 is 1.32 bits per heavy atom. The summed E-state index contributed by atoms with van der Waals surface area (Å²) in [5.41, 5.74) is 6.97. The molecule has 34 heavy (non-hydrogen) atoms. The molecule has 0 bridgehead atoms. The number of carbonyl (C=O) groups excluding carboxylic acids is 1. The summed E-state index contributed by atoms with van der Waals surface area (Å²) in [5, 5.41) is 9.73. The second-order valence-corrected chi connectivity index (χ2v) is 12.0. The molecular formula is C27H37N5OS. The highest BCUT2D eigenvalue weighted by molar-refractivity contribution is 7.99. The SMILES string of the molecule is CS[C@H]1CCCN(C(C)C(=O)N(C)c2ccc3cc(-c4n[nH]c5c4CCC(C)(C)C5)[nH]c3c2)C1. The van der Waals surface area contributed by atoms with Crippen LogP contribution in [-0.4, -0.2) is 63.7 Å². The highest BCUT2D eigenvalue weighted by Crippen LogP contribution is 2.38. The summed E-state index contributed by atoms with van der Waals surface area (Å²) in [4.78, 5) is 21.1. The highest BCUT2D eigenvalue weighted by Gasteiger charge is 2.31. The molecule has 182 valence electrons. The molecule has 2 N–H and O–H groups in total. The first kappa shape index (κ1) is 23.5. The van der Waals surface area contributed by atoms with Crippen molar-refractivity contribution in [3.63, 3.8) is 0 Å². The maximum Gasteiger partial charge on any atom is 0.243 e. The first-order valence-corrected chi connectivity index (χ1v) is 13.8. The molecule has 1 aromatic carbocycles. The van der Waals surface area contributed by atoms with Crippen LogP contribution in [0.4, 0.5) is 5.69 Å². The van der Waals surface area contributed by atoms with Gasteiger partial charge in [-0.1, -0.05) is 19.9 Å². The Morgan fingerprint density at radius 3 is 2.94 bits per heavy atom. The van der Waals surface area contributed by atoms with Gasteiger partial charge in [0.25, 0.3) is 0 Å². The van der Waals surface area contributed by atoms with E-state index in [9.17, 15) is 4.79 Å². The smallest absolute Gasteiger partial charge is 0.243 e. The summed E-state index contributed by atoms with van der Waals surface area (Å²) in [5.74, 6) is 0.150. The number of thioether (sulfide) groups is 1. The van der Waals surface area contributed by atoms with E-state index in [0.29, 0.717) is 10.7 Å². The average Bonchev–Trinajstić information content (AvgIpc) is 3.44. The third-order valence-electron chi connectivity index (χ3n) is 7.89. The van der Waals surface area contributed by atoms with Crippen molar-refractivity contribution in [3.8, 4) is 11.4 Å². The monoisotopic (exact) mass is 479 g/mol. The average molecular weight is 480 g/mol. The molecule has 6 nitrogen and oxygen atoms in total. The number of carbonyl (C=O) groups is 1. The van der Waals surface area contributed by atoms with Gasteiger partial charge in [0.2, 0.25) is 5.91 Å². The molecular weight excluding hydrogens is 442 g/mol. The maximum absolute atomic E-state index is 13.3. The Hall–Kier alpha value is -2.25. The first-order chi connectivity index (χ1) is 16.3. The van der Waals surface area contributed by atoms with Crippen LogP contribution in [-0.2, 0) is 17.6 Å². The van der Waals surface area contributed by atoms with Gasteiger partial charge in [0.15, 0.2) is 0 Å². The fraction of sp³-hybridized carbons (Fsp3) is 0.556. The summed E-state index contributed by atoms with van der Waals surface area (Å²) in [6, 6.07) is 8.30. The molecule has 0 spiro atoms. The lowest BCUT2D eigenvalue weighted by Crippen LogP contribution is -2.50. The second-order valence-electron chi connectivity index (χ2n) is 10.9. The van der Waals surface area contributed by atoms with Crippen molar-refractivity contribution >= 4 is 34.3 Å². The van der Waals surface area contributed by atoms with Gasteiger partial charge >= 0.3 is 0 Å². The van der Waals surface area contributed by atoms with Crippen molar-refractivity contribution in [3.05, 3.63) is 35.5 Å². The number of piperidine rings is 1. The molecule has 1 aliphatic carbocycles. The van der Waals surface area contributed by atoms with Crippen LogP contribution in [0.1, 0.15) is 51.3 Å². The van der Waals surface area contributed by atoms with E-state index in [-0.39, 0.29) is 11.9 Å². The van der Waals surface area contributed by atoms with E-state index in [1.54, 1.807) is 0 Å².